The highest BCUT2D eigenvalue weighted by Crippen LogP contribution is 2.47. The monoisotopic (exact) mass is 519 g/mol. The number of hydrogen-bond donors (Lipinski definition) is 1. The van der Waals surface area contributed by atoms with Crippen molar-refractivity contribution in [3.05, 3.63) is 96.0 Å². The van der Waals surface area contributed by atoms with Crippen LogP contribution in [0.25, 0.3) is 6.08 Å². The molecule has 0 saturated carbocycles. The van der Waals surface area contributed by atoms with Crippen molar-refractivity contribution in [2.75, 3.05) is 19.6 Å². The second-order valence-corrected chi connectivity index (χ2v) is 9.56. The largest absolute Gasteiger partial charge is 0.440 e. The van der Waals surface area contributed by atoms with E-state index in [4.69, 9.17) is 56.9 Å². The Morgan fingerprint density at radius 2 is 1.67 bits per heavy atom. The molecule has 2 heterocycles. The van der Waals surface area contributed by atoms with E-state index in [0.29, 0.717) is 50.1 Å². The van der Waals surface area contributed by atoms with Gasteiger partial charge >= 0.3 is 0 Å². The molecule has 2 aliphatic rings. The molecular formula is C25H21Cl4N3O. The summed E-state index contributed by atoms with van der Waals surface area (Å²) in [6.45, 7) is 4.18. The van der Waals surface area contributed by atoms with Gasteiger partial charge in [-0.2, -0.15) is 5.26 Å². The summed E-state index contributed by atoms with van der Waals surface area (Å²) in [6, 6.07) is 12.9. The zero-order valence-corrected chi connectivity index (χ0v) is 20.9. The lowest BCUT2D eigenvalue weighted by Gasteiger charge is -2.38. The van der Waals surface area contributed by atoms with E-state index in [-0.39, 0.29) is 11.5 Å². The number of rotatable bonds is 4. The van der Waals surface area contributed by atoms with E-state index in [0.717, 1.165) is 24.1 Å². The second kappa shape index (κ2) is 10.0. The molecule has 1 atom stereocenters. The van der Waals surface area contributed by atoms with Gasteiger partial charge < -0.3 is 10.5 Å². The smallest absolute Gasteiger partial charge is 0.205 e. The number of benzene rings is 2. The van der Waals surface area contributed by atoms with E-state index in [1.165, 1.54) is 0 Å². The molecule has 0 amide bonds. The first kappa shape index (κ1) is 24.0. The quantitative estimate of drug-likeness (QED) is 0.464. The van der Waals surface area contributed by atoms with Crippen LogP contribution in [0.4, 0.5) is 0 Å². The van der Waals surface area contributed by atoms with Crippen LogP contribution in [0, 0.1) is 11.3 Å². The Morgan fingerprint density at radius 1 is 1.06 bits per heavy atom. The first-order valence-corrected chi connectivity index (χ1v) is 12.0. The Labute approximate surface area is 213 Å². The standard InChI is InChI=1S/C25H21Cl4N3O/c1-2-9-32-12-14(10-15-18(26)5-3-6-19(15)27)24-17(13-32)22(16(11-30)25(31)33-24)23-20(28)7-4-8-21(23)29/h3-8,10,22H,2,9,12-13,31H2,1H3/b14-10+. The summed E-state index contributed by atoms with van der Waals surface area (Å²) in [5.41, 5.74) is 9.63. The van der Waals surface area contributed by atoms with Crippen LogP contribution in [0.3, 0.4) is 0 Å². The zero-order chi connectivity index (χ0) is 23.7. The van der Waals surface area contributed by atoms with Crippen molar-refractivity contribution in [1.82, 2.24) is 4.90 Å². The predicted octanol–water partition coefficient (Wildman–Crippen LogP) is 7.17. The van der Waals surface area contributed by atoms with Crippen molar-refractivity contribution in [3.8, 4) is 6.07 Å². The van der Waals surface area contributed by atoms with E-state index in [1.807, 2.05) is 6.08 Å². The molecule has 2 N–H and O–H groups in total. The molecule has 0 aliphatic carbocycles. The lowest BCUT2D eigenvalue weighted by Crippen LogP contribution is -2.38. The highest BCUT2D eigenvalue weighted by atomic mass is 35.5. The molecule has 2 aliphatic heterocycles. The fourth-order valence-corrected chi connectivity index (χ4v) is 5.48. The number of nitriles is 1. The van der Waals surface area contributed by atoms with Gasteiger partial charge in [0, 0.05) is 49.9 Å². The summed E-state index contributed by atoms with van der Waals surface area (Å²) in [4.78, 5) is 2.28. The Hall–Kier alpha value is -2.13. The van der Waals surface area contributed by atoms with Gasteiger partial charge in [-0.05, 0) is 48.9 Å². The van der Waals surface area contributed by atoms with Crippen molar-refractivity contribution in [1.29, 1.82) is 5.26 Å². The molecule has 33 heavy (non-hydrogen) atoms. The van der Waals surface area contributed by atoms with Crippen LogP contribution < -0.4 is 5.73 Å². The number of allylic oxidation sites excluding steroid dienone is 1. The third kappa shape index (κ3) is 4.62. The maximum absolute atomic E-state index is 9.97. The van der Waals surface area contributed by atoms with Crippen LogP contribution in [-0.2, 0) is 4.74 Å². The third-order valence-corrected chi connectivity index (χ3v) is 7.07. The van der Waals surface area contributed by atoms with E-state index in [9.17, 15) is 5.26 Å². The molecule has 4 rings (SSSR count). The van der Waals surface area contributed by atoms with Gasteiger partial charge in [0.25, 0.3) is 0 Å². The average molecular weight is 521 g/mol. The van der Waals surface area contributed by atoms with E-state index >= 15 is 0 Å². The predicted molar refractivity (Wildman–Crippen MR) is 135 cm³/mol. The van der Waals surface area contributed by atoms with Gasteiger partial charge in [0.15, 0.2) is 0 Å². The number of ether oxygens (including phenoxy) is 1. The summed E-state index contributed by atoms with van der Waals surface area (Å²) in [6.07, 6.45) is 2.89. The molecular weight excluding hydrogens is 500 g/mol. The van der Waals surface area contributed by atoms with Gasteiger partial charge in [-0.25, -0.2) is 0 Å². The summed E-state index contributed by atoms with van der Waals surface area (Å²) in [5, 5.41) is 12.0. The summed E-state index contributed by atoms with van der Waals surface area (Å²) in [7, 11) is 0. The van der Waals surface area contributed by atoms with Crippen LogP contribution in [0.5, 0.6) is 0 Å². The lowest BCUT2D eigenvalue weighted by atomic mass is 9.80. The highest BCUT2D eigenvalue weighted by molar-refractivity contribution is 6.37. The maximum Gasteiger partial charge on any atom is 0.205 e. The molecule has 0 radical (unpaired) electrons. The normalized spacial score (nSPS) is 20.0. The summed E-state index contributed by atoms with van der Waals surface area (Å²) in [5.74, 6) is 0.123. The van der Waals surface area contributed by atoms with E-state index in [1.54, 1.807) is 36.4 Å². The van der Waals surface area contributed by atoms with Crippen LogP contribution >= 0.6 is 46.4 Å². The maximum atomic E-state index is 9.97. The van der Waals surface area contributed by atoms with Gasteiger partial charge in [-0.3, -0.25) is 4.90 Å². The van der Waals surface area contributed by atoms with Gasteiger partial charge in [-0.15, -0.1) is 0 Å². The van der Waals surface area contributed by atoms with Crippen LogP contribution in [0.2, 0.25) is 20.1 Å². The number of nitrogens with zero attached hydrogens (tertiary/aromatic N) is 2. The molecule has 2 aromatic rings. The Bertz CT molecular complexity index is 1200. The molecule has 0 aromatic heterocycles. The molecule has 0 bridgehead atoms. The number of nitrogens with two attached hydrogens (primary N) is 1. The molecule has 0 spiro atoms. The van der Waals surface area contributed by atoms with Crippen molar-refractivity contribution in [2.24, 2.45) is 5.73 Å². The summed E-state index contributed by atoms with van der Waals surface area (Å²) >= 11 is 26.1. The minimum atomic E-state index is -0.523. The number of hydrogen-bond acceptors (Lipinski definition) is 4. The molecule has 2 aromatic carbocycles. The van der Waals surface area contributed by atoms with Crippen LogP contribution in [0.15, 0.2) is 64.8 Å². The fraction of sp³-hybridized carbons (Fsp3) is 0.240. The number of halogens is 4. The second-order valence-electron chi connectivity index (χ2n) is 7.93. The zero-order valence-electron chi connectivity index (χ0n) is 17.8. The SMILES string of the molecule is CCCN1CC2=C(OC(N)=C(C#N)C2c2c(Cl)cccc2Cl)/C(=C/c2c(Cl)cccc2Cl)C1. The van der Waals surface area contributed by atoms with Crippen molar-refractivity contribution >= 4 is 52.5 Å². The van der Waals surface area contributed by atoms with Gasteiger partial charge in [0.1, 0.15) is 17.4 Å². The topological polar surface area (TPSA) is 62.3 Å². The minimum Gasteiger partial charge on any atom is -0.440 e. The summed E-state index contributed by atoms with van der Waals surface area (Å²) < 4.78 is 6.06. The Balaban J connectivity index is 1.96. The van der Waals surface area contributed by atoms with Gasteiger partial charge in [0.05, 0.1) is 5.92 Å². The highest BCUT2D eigenvalue weighted by Gasteiger charge is 2.39. The Morgan fingerprint density at radius 3 is 2.24 bits per heavy atom. The molecule has 170 valence electrons. The molecule has 4 nitrogen and oxygen atoms in total. The molecule has 0 saturated heterocycles. The van der Waals surface area contributed by atoms with Gasteiger partial charge in [-0.1, -0.05) is 65.5 Å². The molecule has 8 heteroatoms. The van der Waals surface area contributed by atoms with Crippen LogP contribution in [-0.4, -0.2) is 24.5 Å². The van der Waals surface area contributed by atoms with Crippen molar-refractivity contribution in [2.45, 2.75) is 19.3 Å². The fourth-order valence-electron chi connectivity index (χ4n) is 4.36. The third-order valence-electron chi connectivity index (χ3n) is 5.75. The van der Waals surface area contributed by atoms with Crippen molar-refractivity contribution < 1.29 is 4.74 Å². The van der Waals surface area contributed by atoms with Crippen LogP contribution in [0.1, 0.15) is 30.4 Å². The van der Waals surface area contributed by atoms with E-state index < -0.39 is 5.92 Å². The lowest BCUT2D eigenvalue weighted by molar-refractivity contribution is 0.234. The van der Waals surface area contributed by atoms with Crippen molar-refractivity contribution in [3.63, 3.8) is 0 Å². The minimum absolute atomic E-state index is 0.0392. The Kier molecular flexibility index (Phi) is 7.28. The average Bonchev–Trinajstić information content (AvgIpc) is 2.77. The first-order valence-electron chi connectivity index (χ1n) is 10.5. The first-order chi connectivity index (χ1) is 15.8. The molecule has 1 unspecified atom stereocenters. The van der Waals surface area contributed by atoms with E-state index in [2.05, 4.69) is 17.9 Å². The molecule has 0 fully saturated rings. The van der Waals surface area contributed by atoms with Gasteiger partial charge in [0.2, 0.25) is 5.88 Å².